The molecule has 4 saturated carbocycles. The number of hydrogen-bond acceptors (Lipinski definition) is 8. The summed E-state index contributed by atoms with van der Waals surface area (Å²) < 4.78 is 23.1. The normalized spacial score (nSPS) is 34.6. The van der Waals surface area contributed by atoms with Gasteiger partial charge in [-0.1, -0.05) is 39.3 Å². The minimum atomic E-state index is -1.19. The van der Waals surface area contributed by atoms with Crippen molar-refractivity contribution in [3.05, 3.63) is 41.1 Å². The van der Waals surface area contributed by atoms with E-state index in [4.69, 9.17) is 18.9 Å². The number of nitrogens with one attached hydrogen (secondary N) is 1. The maximum Gasteiger partial charge on any atom is 0.339 e. The summed E-state index contributed by atoms with van der Waals surface area (Å²) in [6.07, 6.45) is 9.83. The lowest BCUT2D eigenvalue weighted by atomic mass is 9.41. The van der Waals surface area contributed by atoms with Crippen molar-refractivity contribution in [1.29, 1.82) is 0 Å². The quantitative estimate of drug-likeness (QED) is 0.167. The molecule has 1 heterocycles. The minimum Gasteiger partial charge on any atom is -0.595 e. The van der Waals surface area contributed by atoms with Gasteiger partial charge in [0.15, 0.2) is 17.2 Å². The molecule has 0 saturated heterocycles. The van der Waals surface area contributed by atoms with Gasteiger partial charge in [-0.3, -0.25) is 0 Å². The standard InChI is InChI=1S/C37H45NO8/c1-34(2)12-6-13-35(3)28(34)11-14-36-17-21(9-10-29(35)36)37(40,18-36)19-44-33(39)24-16-27-32(46-20-45-27)31-22-7-5-8-26(43-4)23(22)15-25(30(24)31)38(41)42/h5,7-8,15-16,21,28-29,38,40-41H,6,9-14,17-20H2,1-4H3. The fourth-order valence-electron chi connectivity index (χ4n) is 11.6. The zero-order valence-corrected chi connectivity index (χ0v) is 27.2. The van der Waals surface area contributed by atoms with Crippen molar-refractivity contribution in [2.24, 2.45) is 34.0 Å². The van der Waals surface area contributed by atoms with Gasteiger partial charge < -0.3 is 29.3 Å². The van der Waals surface area contributed by atoms with E-state index in [0.717, 1.165) is 25.7 Å². The fraction of sp³-hybridized carbons (Fsp3) is 0.595. The van der Waals surface area contributed by atoms with Gasteiger partial charge >= 0.3 is 5.97 Å². The third kappa shape index (κ3) is 4.17. The van der Waals surface area contributed by atoms with Gasteiger partial charge in [-0.05, 0) is 103 Å². The largest absolute Gasteiger partial charge is 0.595 e. The summed E-state index contributed by atoms with van der Waals surface area (Å²) in [6, 6.07) is 8.48. The fourth-order valence-corrected chi connectivity index (χ4v) is 11.6. The molecule has 9 heteroatoms. The van der Waals surface area contributed by atoms with Crippen LogP contribution in [0.4, 0.5) is 5.69 Å². The number of quaternary nitrogens is 1. The molecule has 7 atom stereocenters. The van der Waals surface area contributed by atoms with E-state index in [0.29, 0.717) is 57.1 Å². The number of fused-ring (bicyclic) bond motifs is 8. The number of esters is 1. The summed E-state index contributed by atoms with van der Waals surface area (Å²) in [5.41, 5.74) is -0.400. The van der Waals surface area contributed by atoms with Crippen LogP contribution in [-0.4, -0.2) is 42.4 Å². The average Bonchev–Trinajstić information content (AvgIpc) is 3.57. The molecule has 3 aromatic carbocycles. The zero-order valence-electron chi connectivity index (χ0n) is 27.2. The van der Waals surface area contributed by atoms with Crippen molar-refractivity contribution < 1.29 is 39.3 Å². The van der Waals surface area contributed by atoms with Crippen LogP contribution in [0.25, 0.3) is 21.5 Å². The van der Waals surface area contributed by atoms with E-state index in [1.165, 1.54) is 44.9 Å². The monoisotopic (exact) mass is 631 g/mol. The molecule has 4 aliphatic carbocycles. The molecule has 0 radical (unpaired) electrons. The number of hydrogen-bond donors (Lipinski definition) is 3. The van der Waals surface area contributed by atoms with Crippen molar-refractivity contribution in [3.63, 3.8) is 0 Å². The van der Waals surface area contributed by atoms with E-state index in [1.54, 1.807) is 6.07 Å². The number of benzene rings is 3. The summed E-state index contributed by atoms with van der Waals surface area (Å²) in [7, 11) is 1.53. The summed E-state index contributed by atoms with van der Waals surface area (Å²) >= 11 is 0. The van der Waals surface area contributed by atoms with E-state index in [1.807, 2.05) is 12.1 Å². The Morgan fingerprint density at radius 3 is 2.65 bits per heavy atom. The second-order valence-corrected chi connectivity index (χ2v) is 15.9. The minimum absolute atomic E-state index is 0.0483. The lowest BCUT2D eigenvalue weighted by molar-refractivity contribution is -0.990. The molecule has 46 heavy (non-hydrogen) atoms. The van der Waals surface area contributed by atoms with E-state index >= 15 is 0 Å². The van der Waals surface area contributed by atoms with Crippen molar-refractivity contribution in [2.75, 3.05) is 20.5 Å². The van der Waals surface area contributed by atoms with Crippen molar-refractivity contribution in [1.82, 2.24) is 0 Å². The molecule has 0 amide bonds. The Kier molecular flexibility index (Phi) is 6.70. The summed E-state index contributed by atoms with van der Waals surface area (Å²) in [6.45, 7) is 7.28. The molecule has 8 rings (SSSR count). The van der Waals surface area contributed by atoms with Gasteiger partial charge in [0, 0.05) is 16.8 Å². The first kappa shape index (κ1) is 30.2. The Bertz CT molecular complexity index is 1750. The first-order chi connectivity index (χ1) is 21.9. The average molecular weight is 632 g/mol. The third-order valence-corrected chi connectivity index (χ3v) is 13.3. The highest BCUT2D eigenvalue weighted by Gasteiger charge is 2.67. The van der Waals surface area contributed by atoms with E-state index in [9.17, 15) is 20.3 Å². The summed E-state index contributed by atoms with van der Waals surface area (Å²) in [5, 5.41) is 36.0. The molecule has 1 spiro atoms. The molecule has 9 nitrogen and oxygen atoms in total. The van der Waals surface area contributed by atoms with Crippen LogP contribution in [0.1, 0.15) is 88.9 Å². The molecular formula is C37H45NO8. The van der Waals surface area contributed by atoms with Crippen LogP contribution in [-0.2, 0) is 4.74 Å². The van der Waals surface area contributed by atoms with Gasteiger partial charge in [-0.2, -0.15) is 5.23 Å². The molecule has 4 fully saturated rings. The van der Waals surface area contributed by atoms with Crippen molar-refractivity contribution in [2.45, 2.75) is 84.2 Å². The smallest absolute Gasteiger partial charge is 0.339 e. The Balaban J connectivity index is 1.14. The first-order valence-electron chi connectivity index (χ1n) is 16.9. The second-order valence-electron chi connectivity index (χ2n) is 15.9. The molecule has 7 unspecified atom stereocenters. The van der Waals surface area contributed by atoms with Crippen LogP contribution in [0.15, 0.2) is 30.3 Å². The van der Waals surface area contributed by atoms with Crippen LogP contribution in [0.5, 0.6) is 17.2 Å². The van der Waals surface area contributed by atoms with Crippen LogP contribution in [0.2, 0.25) is 0 Å². The molecule has 5 aliphatic rings. The third-order valence-electron chi connectivity index (χ3n) is 13.3. The topological polar surface area (TPSA) is 122 Å². The van der Waals surface area contributed by atoms with Gasteiger partial charge in [-0.15, -0.1) is 0 Å². The van der Waals surface area contributed by atoms with Crippen LogP contribution < -0.4 is 19.4 Å². The summed E-state index contributed by atoms with van der Waals surface area (Å²) in [4.78, 5) is 14.0. The highest BCUT2D eigenvalue weighted by atomic mass is 16.8. The molecule has 1 aliphatic heterocycles. The predicted molar refractivity (Wildman–Crippen MR) is 171 cm³/mol. The highest BCUT2D eigenvalue weighted by Crippen LogP contribution is 2.73. The SMILES string of the molecule is COc1cccc2c1cc([NH+]([O-])O)c1c(C(=O)OCC3(O)CC45CCC6C(C)(C)CCCC6(C)C4CCC3C5)cc3c(c12)OCO3. The Morgan fingerprint density at radius 1 is 1.04 bits per heavy atom. The van der Waals surface area contributed by atoms with Gasteiger partial charge in [0.25, 0.3) is 0 Å². The Labute approximate surface area is 269 Å². The van der Waals surface area contributed by atoms with Crippen LogP contribution >= 0.6 is 0 Å². The maximum atomic E-state index is 14.0. The number of aliphatic hydroxyl groups is 1. The summed E-state index contributed by atoms with van der Waals surface area (Å²) in [5.74, 6) is 1.91. The predicted octanol–water partition coefficient (Wildman–Crippen LogP) is 6.45. The van der Waals surface area contributed by atoms with Gasteiger partial charge in [0.1, 0.15) is 18.0 Å². The zero-order chi connectivity index (χ0) is 32.2. The van der Waals surface area contributed by atoms with Gasteiger partial charge in [0.05, 0.1) is 18.1 Å². The van der Waals surface area contributed by atoms with Gasteiger partial charge in [0.2, 0.25) is 6.79 Å². The molecule has 2 bridgehead atoms. The molecule has 3 aromatic rings. The second kappa shape index (κ2) is 10.2. The molecule has 0 aromatic heterocycles. The van der Waals surface area contributed by atoms with Crippen molar-refractivity contribution >= 4 is 33.2 Å². The highest BCUT2D eigenvalue weighted by molar-refractivity contribution is 6.22. The van der Waals surface area contributed by atoms with Crippen molar-refractivity contribution in [3.8, 4) is 17.2 Å². The van der Waals surface area contributed by atoms with E-state index in [-0.39, 0.29) is 46.8 Å². The number of carbonyl (C=O) groups is 1. The molecular weight excluding hydrogens is 586 g/mol. The number of carbonyl (C=O) groups excluding carboxylic acids is 1. The maximum absolute atomic E-state index is 14.0. The Hall–Kier alpha value is -3.11. The number of rotatable bonds is 5. The lowest BCUT2D eigenvalue weighted by Gasteiger charge is -2.64. The first-order valence-corrected chi connectivity index (χ1v) is 16.9. The van der Waals surface area contributed by atoms with E-state index in [2.05, 4.69) is 20.8 Å². The van der Waals surface area contributed by atoms with Gasteiger partial charge in [-0.25, -0.2) is 10.0 Å². The van der Waals surface area contributed by atoms with E-state index < -0.39 is 16.8 Å². The molecule has 246 valence electrons. The number of methoxy groups -OCH3 is 1. The van der Waals surface area contributed by atoms with Crippen LogP contribution in [0.3, 0.4) is 0 Å². The molecule has 3 N–H and O–H groups in total. The lowest BCUT2D eigenvalue weighted by Crippen LogP contribution is -2.99. The van der Waals surface area contributed by atoms with Crippen LogP contribution in [0, 0.1) is 39.2 Å². The number of ether oxygens (including phenoxy) is 4. The Morgan fingerprint density at radius 2 is 1.87 bits per heavy atom.